The van der Waals surface area contributed by atoms with Gasteiger partial charge in [0.15, 0.2) is 5.78 Å². The number of likely N-dealkylation sites (tertiary alicyclic amines) is 1. The van der Waals surface area contributed by atoms with Crippen LogP contribution in [0.25, 0.3) is 5.57 Å². The molecule has 1 saturated heterocycles. The Morgan fingerprint density at radius 3 is 2.59 bits per heavy atom. The Bertz CT molecular complexity index is 1370. The molecule has 1 aromatic carbocycles. The van der Waals surface area contributed by atoms with E-state index >= 15 is 0 Å². The standard InChI is InChI=1S/C35H44N4O2/c1-35(2,3)28-8-9-30-27(18-28)19-31-32(37-30)21-33(38-31)34(41)20-25(11-15-39-16-12-29(40)13-17-39)23-4-6-24(7-5-23)26-10-14-36-22-26/h4-7,10,19,22,25,28-29,40H,8-9,11-18,20-21H2,1-3H3/t25-,28-/m0/s1. The summed E-state index contributed by atoms with van der Waals surface area (Å²) in [7, 11) is 0. The first-order valence-electron chi connectivity index (χ1n) is 15.6. The molecule has 6 nitrogen and oxygen atoms in total. The largest absolute Gasteiger partial charge is 0.393 e. The number of hydrogen-bond acceptors (Lipinski definition) is 6. The second-order valence-corrected chi connectivity index (χ2v) is 13.6. The maximum Gasteiger partial charge on any atom is 0.178 e. The van der Waals surface area contributed by atoms with Gasteiger partial charge >= 0.3 is 0 Å². The molecule has 3 aliphatic heterocycles. The summed E-state index contributed by atoms with van der Waals surface area (Å²) in [6.45, 7) is 10.5. The van der Waals surface area contributed by atoms with Gasteiger partial charge in [-0.2, -0.15) is 0 Å². The molecule has 216 valence electrons. The number of aryl methyl sites for hydroxylation is 1. The van der Waals surface area contributed by atoms with Crippen LogP contribution in [0.15, 0.2) is 46.4 Å². The number of piperidine rings is 1. The lowest BCUT2D eigenvalue weighted by Gasteiger charge is -2.34. The molecule has 1 aromatic heterocycles. The van der Waals surface area contributed by atoms with E-state index in [2.05, 4.69) is 67.1 Å². The molecule has 0 amide bonds. The minimum absolute atomic E-state index is 0.120. The van der Waals surface area contributed by atoms with Crippen molar-refractivity contribution < 1.29 is 9.90 Å². The van der Waals surface area contributed by atoms with Gasteiger partial charge in [-0.15, -0.1) is 0 Å². The van der Waals surface area contributed by atoms with Crippen LogP contribution < -0.4 is 0 Å². The zero-order valence-corrected chi connectivity index (χ0v) is 24.9. The van der Waals surface area contributed by atoms with Crippen LogP contribution in [0.5, 0.6) is 0 Å². The smallest absolute Gasteiger partial charge is 0.178 e. The molecule has 2 atom stereocenters. The molecular formula is C35H44N4O2. The first-order valence-corrected chi connectivity index (χ1v) is 15.6. The highest BCUT2D eigenvalue weighted by Gasteiger charge is 2.32. The van der Waals surface area contributed by atoms with Gasteiger partial charge in [0.25, 0.3) is 0 Å². The Hall–Kier alpha value is -2.96. The number of pyridine rings is 1. The molecule has 6 heteroatoms. The highest BCUT2D eigenvalue weighted by molar-refractivity contribution is 6.41. The Labute approximate surface area is 244 Å². The van der Waals surface area contributed by atoms with Crippen LogP contribution >= 0.6 is 0 Å². The molecule has 0 bridgehead atoms. The van der Waals surface area contributed by atoms with Crippen LogP contribution in [0, 0.1) is 11.3 Å². The number of aliphatic hydroxyl groups excluding tert-OH is 1. The maximum atomic E-state index is 13.7. The van der Waals surface area contributed by atoms with Crippen molar-refractivity contribution in [1.29, 1.82) is 0 Å². The van der Waals surface area contributed by atoms with E-state index in [1.165, 1.54) is 28.8 Å². The number of allylic oxidation sites excluding steroid dienone is 1. The Morgan fingerprint density at radius 1 is 1.10 bits per heavy atom. The van der Waals surface area contributed by atoms with Crippen molar-refractivity contribution in [1.82, 2.24) is 9.88 Å². The quantitative estimate of drug-likeness (QED) is 0.441. The molecule has 0 unspecified atom stereocenters. The fraction of sp³-hybridized carbons (Fsp3) is 0.543. The van der Waals surface area contributed by atoms with Gasteiger partial charge in [0.2, 0.25) is 0 Å². The summed E-state index contributed by atoms with van der Waals surface area (Å²) in [6, 6.07) is 10.9. The number of aliphatic imine (C=N–C) groups is 2. The third-order valence-corrected chi connectivity index (χ3v) is 9.73. The fourth-order valence-electron chi connectivity index (χ4n) is 6.87. The summed E-state index contributed by atoms with van der Waals surface area (Å²) in [5.74, 6) is 0.908. The summed E-state index contributed by atoms with van der Waals surface area (Å²) < 4.78 is 0. The topological polar surface area (TPSA) is 78.2 Å². The van der Waals surface area contributed by atoms with E-state index in [9.17, 15) is 9.90 Å². The molecule has 1 fully saturated rings. The number of rotatable bonds is 8. The monoisotopic (exact) mass is 552 g/mol. The lowest BCUT2D eigenvalue weighted by atomic mass is 9.71. The second kappa shape index (κ2) is 11.7. The molecule has 41 heavy (non-hydrogen) atoms. The van der Waals surface area contributed by atoms with Crippen LogP contribution in [0.4, 0.5) is 5.69 Å². The molecule has 4 aliphatic rings. The van der Waals surface area contributed by atoms with Crippen LogP contribution in [0.2, 0.25) is 0 Å². The minimum Gasteiger partial charge on any atom is -0.393 e. The van der Waals surface area contributed by atoms with Crippen LogP contribution in [0.3, 0.4) is 0 Å². The molecule has 6 rings (SSSR count). The Balaban J connectivity index is 1.17. The van der Waals surface area contributed by atoms with E-state index in [1.54, 1.807) is 0 Å². The average Bonchev–Trinajstić information content (AvgIpc) is 3.64. The number of Topliss-reactive ketones (excluding diaryl/α,β-unsaturated/α-hetero) is 1. The van der Waals surface area contributed by atoms with Gasteiger partial charge in [0.1, 0.15) is 0 Å². The predicted octanol–water partition coefficient (Wildman–Crippen LogP) is 5.92. The van der Waals surface area contributed by atoms with Crippen LogP contribution in [0.1, 0.15) is 86.9 Å². The average molecular weight is 553 g/mol. The first kappa shape index (κ1) is 28.2. The van der Waals surface area contributed by atoms with E-state index in [-0.39, 0.29) is 23.2 Å². The highest BCUT2D eigenvalue weighted by Crippen LogP contribution is 2.39. The van der Waals surface area contributed by atoms with Crippen molar-refractivity contribution in [3.8, 4) is 0 Å². The lowest BCUT2D eigenvalue weighted by Crippen LogP contribution is -2.37. The van der Waals surface area contributed by atoms with E-state index in [0.717, 1.165) is 75.2 Å². The van der Waals surface area contributed by atoms with Crippen molar-refractivity contribution in [2.24, 2.45) is 21.3 Å². The zero-order chi connectivity index (χ0) is 28.6. The molecular weight excluding hydrogens is 508 g/mol. The van der Waals surface area contributed by atoms with E-state index in [1.807, 2.05) is 6.21 Å². The van der Waals surface area contributed by atoms with Crippen molar-refractivity contribution in [2.45, 2.75) is 84.2 Å². The van der Waals surface area contributed by atoms with E-state index in [4.69, 9.17) is 9.98 Å². The summed E-state index contributed by atoms with van der Waals surface area (Å²) in [5.41, 5.74) is 8.89. The number of ketones is 1. The summed E-state index contributed by atoms with van der Waals surface area (Å²) in [6.07, 6.45) is 10.7. The third-order valence-electron chi connectivity index (χ3n) is 9.73. The van der Waals surface area contributed by atoms with Crippen molar-refractivity contribution in [2.75, 3.05) is 26.2 Å². The zero-order valence-electron chi connectivity index (χ0n) is 24.9. The van der Waals surface area contributed by atoms with Gasteiger partial charge in [-0.25, -0.2) is 4.99 Å². The second-order valence-electron chi connectivity index (χ2n) is 13.6. The summed E-state index contributed by atoms with van der Waals surface area (Å²) in [5, 5.41) is 9.93. The molecule has 0 radical (unpaired) electrons. The molecule has 2 aromatic rings. The Morgan fingerprint density at radius 2 is 1.88 bits per heavy atom. The van der Waals surface area contributed by atoms with Crippen LogP contribution in [-0.4, -0.2) is 65.0 Å². The van der Waals surface area contributed by atoms with Gasteiger partial charge < -0.3 is 10.0 Å². The molecule has 1 N–H and O–H groups in total. The minimum atomic E-state index is -0.176. The number of aliphatic hydroxyl groups is 1. The number of nitrogens with zero attached hydrogens (tertiary/aromatic N) is 4. The highest BCUT2D eigenvalue weighted by atomic mass is 16.3. The Kier molecular flexibility index (Phi) is 8.06. The predicted molar refractivity (Wildman–Crippen MR) is 166 cm³/mol. The number of carbonyl (C=O) groups is 1. The van der Waals surface area contributed by atoms with Crippen LogP contribution in [-0.2, 0) is 24.1 Å². The van der Waals surface area contributed by atoms with Gasteiger partial charge in [0, 0.05) is 37.8 Å². The van der Waals surface area contributed by atoms with E-state index in [0.29, 0.717) is 24.5 Å². The molecule has 0 saturated carbocycles. The number of benzene rings is 1. The molecule has 1 aliphatic carbocycles. The SMILES string of the molecule is CC(C)(C)[C@H]1CCc2nc3c(cc2C1)N=C(C(=O)C[C@H](CCN1CCC(O)CC1)c1ccc(C2=CCN=C2)cc1)C3. The first-order chi connectivity index (χ1) is 19.7. The van der Waals surface area contributed by atoms with Gasteiger partial charge in [-0.1, -0.05) is 51.1 Å². The molecule has 4 heterocycles. The lowest BCUT2D eigenvalue weighted by molar-refractivity contribution is -0.113. The number of carbonyl (C=O) groups excluding carboxylic acids is 1. The third kappa shape index (κ3) is 6.44. The van der Waals surface area contributed by atoms with Crippen molar-refractivity contribution in [3.63, 3.8) is 0 Å². The van der Waals surface area contributed by atoms with Gasteiger partial charge in [-0.05, 0) is 90.7 Å². The normalized spacial score (nSPS) is 21.8. The maximum absolute atomic E-state index is 13.7. The summed E-state index contributed by atoms with van der Waals surface area (Å²) >= 11 is 0. The number of hydrogen-bond donors (Lipinski definition) is 1. The number of fused-ring (bicyclic) bond motifs is 2. The number of aromatic nitrogens is 1. The van der Waals surface area contributed by atoms with Crippen molar-refractivity contribution in [3.05, 3.63) is 64.5 Å². The van der Waals surface area contributed by atoms with Gasteiger partial charge in [-0.3, -0.25) is 14.8 Å². The molecule has 0 spiro atoms. The van der Waals surface area contributed by atoms with E-state index < -0.39 is 0 Å². The fourth-order valence-corrected chi connectivity index (χ4v) is 6.87. The summed E-state index contributed by atoms with van der Waals surface area (Å²) in [4.78, 5) is 30.4. The van der Waals surface area contributed by atoms with Crippen molar-refractivity contribution >= 4 is 29.0 Å². The van der Waals surface area contributed by atoms with Gasteiger partial charge in [0.05, 0.1) is 29.7 Å².